The Morgan fingerprint density at radius 2 is 1.84 bits per heavy atom. The molecular weight excluding hydrogens is 422 g/mol. The third-order valence-electron chi connectivity index (χ3n) is 5.10. The van der Waals surface area contributed by atoms with Gasteiger partial charge < -0.3 is 25.4 Å². The molecule has 1 aliphatic heterocycles. The van der Waals surface area contributed by atoms with Crippen molar-refractivity contribution in [3.8, 4) is 11.5 Å². The van der Waals surface area contributed by atoms with Crippen LogP contribution < -0.4 is 20.5 Å². The van der Waals surface area contributed by atoms with E-state index in [-0.39, 0.29) is 24.3 Å². The molecule has 0 unspecified atom stereocenters. The molecule has 2 aromatic carbocycles. The van der Waals surface area contributed by atoms with E-state index in [0.717, 1.165) is 0 Å². The number of anilines is 1. The molecule has 1 heterocycles. The number of hydrogen-bond acceptors (Lipinski definition) is 5. The molecule has 8 nitrogen and oxygen atoms in total. The van der Waals surface area contributed by atoms with Gasteiger partial charge in [0.1, 0.15) is 11.5 Å². The smallest absolute Gasteiger partial charge is 0.262 e. The van der Waals surface area contributed by atoms with Crippen molar-refractivity contribution in [3.05, 3.63) is 53.1 Å². The number of para-hydroxylation sites is 1. The number of carbonyl (C=O) groups is 3. The molecule has 0 radical (unpaired) electrons. The summed E-state index contributed by atoms with van der Waals surface area (Å²) in [4.78, 5) is 38.3. The van der Waals surface area contributed by atoms with Gasteiger partial charge >= 0.3 is 0 Å². The Hall–Kier alpha value is -3.26. The first-order valence-corrected chi connectivity index (χ1v) is 10.2. The van der Waals surface area contributed by atoms with E-state index in [4.69, 9.17) is 26.8 Å². The van der Waals surface area contributed by atoms with Crippen molar-refractivity contribution in [2.45, 2.75) is 12.8 Å². The van der Waals surface area contributed by atoms with E-state index >= 15 is 0 Å². The molecule has 1 aliphatic rings. The first-order chi connectivity index (χ1) is 14.9. The number of amides is 3. The van der Waals surface area contributed by atoms with Crippen LogP contribution in [0.4, 0.5) is 5.69 Å². The second-order valence-electron chi connectivity index (χ2n) is 7.15. The maximum absolute atomic E-state index is 12.9. The number of nitrogens with two attached hydrogens (primary N) is 1. The fourth-order valence-corrected chi connectivity index (χ4v) is 3.57. The number of nitrogens with zero attached hydrogens (tertiary/aromatic N) is 1. The number of methoxy groups -OCH3 is 1. The number of primary amides is 1. The molecular formula is C22H24ClN3O5. The predicted molar refractivity (Wildman–Crippen MR) is 116 cm³/mol. The third-order valence-corrected chi connectivity index (χ3v) is 5.33. The average Bonchev–Trinajstić information content (AvgIpc) is 2.78. The number of halogens is 1. The number of piperidine rings is 1. The lowest BCUT2D eigenvalue weighted by Crippen LogP contribution is -2.41. The van der Waals surface area contributed by atoms with Crippen LogP contribution >= 0.6 is 11.6 Å². The predicted octanol–water partition coefficient (Wildman–Crippen LogP) is 2.70. The molecule has 1 saturated heterocycles. The highest BCUT2D eigenvalue weighted by Gasteiger charge is 2.27. The minimum Gasteiger partial charge on any atom is -0.495 e. The second kappa shape index (κ2) is 10.2. The minimum absolute atomic E-state index is 0.205. The summed E-state index contributed by atoms with van der Waals surface area (Å²) in [6, 6.07) is 11.6. The van der Waals surface area contributed by atoms with Gasteiger partial charge in [-0.05, 0) is 37.1 Å². The fourth-order valence-electron chi connectivity index (χ4n) is 3.40. The molecule has 0 saturated carbocycles. The lowest BCUT2D eigenvalue weighted by Gasteiger charge is -2.31. The first-order valence-electron chi connectivity index (χ1n) is 9.83. The van der Waals surface area contributed by atoms with Crippen molar-refractivity contribution in [2.24, 2.45) is 11.7 Å². The molecule has 0 atom stereocenters. The monoisotopic (exact) mass is 445 g/mol. The Morgan fingerprint density at radius 1 is 1.13 bits per heavy atom. The Labute approximate surface area is 185 Å². The summed E-state index contributed by atoms with van der Waals surface area (Å²) < 4.78 is 10.8. The normalized spacial score (nSPS) is 14.1. The zero-order valence-electron chi connectivity index (χ0n) is 17.1. The molecule has 1 fully saturated rings. The molecule has 0 spiro atoms. The molecule has 3 rings (SSSR count). The van der Waals surface area contributed by atoms with Crippen molar-refractivity contribution in [1.29, 1.82) is 0 Å². The number of ether oxygens (including phenoxy) is 2. The van der Waals surface area contributed by atoms with Crippen LogP contribution in [0, 0.1) is 5.92 Å². The van der Waals surface area contributed by atoms with Crippen LogP contribution in [0.1, 0.15) is 23.2 Å². The zero-order chi connectivity index (χ0) is 22.4. The molecule has 3 amide bonds. The van der Waals surface area contributed by atoms with Crippen LogP contribution in [0.3, 0.4) is 0 Å². The third kappa shape index (κ3) is 5.67. The molecule has 31 heavy (non-hydrogen) atoms. The summed E-state index contributed by atoms with van der Waals surface area (Å²) in [5.41, 5.74) is 6.18. The van der Waals surface area contributed by atoms with Crippen LogP contribution in [-0.4, -0.2) is 49.4 Å². The van der Waals surface area contributed by atoms with Gasteiger partial charge in [0.15, 0.2) is 6.61 Å². The van der Waals surface area contributed by atoms with E-state index in [1.165, 1.54) is 7.11 Å². The molecule has 2 aromatic rings. The number of benzene rings is 2. The topological polar surface area (TPSA) is 111 Å². The van der Waals surface area contributed by atoms with Crippen LogP contribution in [0.2, 0.25) is 5.02 Å². The number of nitrogens with one attached hydrogen (secondary N) is 1. The van der Waals surface area contributed by atoms with Crippen molar-refractivity contribution in [2.75, 3.05) is 32.1 Å². The SMILES string of the molecule is COc1cc(Cl)ccc1NC(=O)COc1ccccc1C(=O)N1CCC(C(N)=O)CC1. The van der Waals surface area contributed by atoms with Gasteiger partial charge in [-0.25, -0.2) is 0 Å². The number of carbonyl (C=O) groups excluding carboxylic acids is 3. The summed E-state index contributed by atoms with van der Waals surface area (Å²) in [5, 5.41) is 3.18. The minimum atomic E-state index is -0.412. The summed E-state index contributed by atoms with van der Waals surface area (Å²) in [6.45, 7) is 0.592. The Morgan fingerprint density at radius 3 is 2.52 bits per heavy atom. The van der Waals surface area contributed by atoms with Gasteiger partial charge in [-0.15, -0.1) is 0 Å². The number of hydrogen-bond donors (Lipinski definition) is 2. The number of likely N-dealkylation sites (tertiary alicyclic amines) is 1. The maximum atomic E-state index is 12.9. The molecule has 164 valence electrons. The second-order valence-corrected chi connectivity index (χ2v) is 7.58. The van der Waals surface area contributed by atoms with Crippen molar-refractivity contribution >= 4 is 35.0 Å². The van der Waals surface area contributed by atoms with Gasteiger partial charge in [0.25, 0.3) is 11.8 Å². The summed E-state index contributed by atoms with van der Waals surface area (Å²) in [5.74, 6) is -0.426. The Kier molecular flexibility index (Phi) is 7.36. The average molecular weight is 446 g/mol. The molecule has 9 heteroatoms. The number of rotatable bonds is 7. The van der Waals surface area contributed by atoms with Gasteiger partial charge in [-0.3, -0.25) is 14.4 Å². The molecule has 0 bridgehead atoms. The van der Waals surface area contributed by atoms with E-state index in [1.807, 2.05) is 0 Å². The van der Waals surface area contributed by atoms with Crippen LogP contribution in [0.25, 0.3) is 0 Å². The van der Waals surface area contributed by atoms with Gasteiger partial charge in [-0.2, -0.15) is 0 Å². The van der Waals surface area contributed by atoms with E-state index in [1.54, 1.807) is 47.4 Å². The zero-order valence-corrected chi connectivity index (χ0v) is 17.9. The van der Waals surface area contributed by atoms with E-state index in [2.05, 4.69) is 5.32 Å². The van der Waals surface area contributed by atoms with Gasteiger partial charge in [-0.1, -0.05) is 23.7 Å². The fraction of sp³-hybridized carbons (Fsp3) is 0.318. The highest BCUT2D eigenvalue weighted by atomic mass is 35.5. The highest BCUT2D eigenvalue weighted by molar-refractivity contribution is 6.30. The Bertz CT molecular complexity index is 973. The quantitative estimate of drug-likeness (QED) is 0.680. The van der Waals surface area contributed by atoms with Crippen molar-refractivity contribution in [3.63, 3.8) is 0 Å². The molecule has 0 aromatic heterocycles. The molecule has 0 aliphatic carbocycles. The van der Waals surface area contributed by atoms with Crippen molar-refractivity contribution < 1.29 is 23.9 Å². The van der Waals surface area contributed by atoms with E-state index < -0.39 is 5.91 Å². The highest BCUT2D eigenvalue weighted by Crippen LogP contribution is 2.28. The summed E-state index contributed by atoms with van der Waals surface area (Å²) in [6.07, 6.45) is 1.07. The van der Waals surface area contributed by atoms with Crippen LogP contribution in [-0.2, 0) is 9.59 Å². The van der Waals surface area contributed by atoms with E-state index in [0.29, 0.717) is 53.7 Å². The Balaban J connectivity index is 1.62. The first kappa shape index (κ1) is 22.4. The standard InChI is InChI=1S/C22H24ClN3O5/c1-30-19-12-15(23)6-7-17(19)25-20(27)13-31-18-5-3-2-4-16(18)22(29)26-10-8-14(9-11-26)21(24)28/h2-7,12,14H,8-11,13H2,1H3,(H2,24,28)(H,25,27). The van der Waals surface area contributed by atoms with Crippen LogP contribution in [0.5, 0.6) is 11.5 Å². The van der Waals surface area contributed by atoms with Crippen LogP contribution in [0.15, 0.2) is 42.5 Å². The van der Waals surface area contributed by atoms with E-state index in [9.17, 15) is 14.4 Å². The summed E-state index contributed by atoms with van der Waals surface area (Å²) in [7, 11) is 1.48. The molecule has 3 N–H and O–H groups in total. The van der Waals surface area contributed by atoms with Crippen molar-refractivity contribution in [1.82, 2.24) is 4.90 Å². The van der Waals surface area contributed by atoms with Gasteiger partial charge in [0.05, 0.1) is 18.4 Å². The maximum Gasteiger partial charge on any atom is 0.262 e. The lowest BCUT2D eigenvalue weighted by atomic mass is 9.96. The van der Waals surface area contributed by atoms with Gasteiger partial charge in [0, 0.05) is 30.1 Å². The largest absolute Gasteiger partial charge is 0.495 e. The lowest BCUT2D eigenvalue weighted by molar-refractivity contribution is -0.123. The summed E-state index contributed by atoms with van der Waals surface area (Å²) >= 11 is 5.93. The van der Waals surface area contributed by atoms with Gasteiger partial charge in [0.2, 0.25) is 5.91 Å².